The maximum Gasteiger partial charge on any atom is 0.222 e. The van der Waals surface area contributed by atoms with Crippen LogP contribution in [0.15, 0.2) is 78.9 Å². The molecule has 1 saturated heterocycles. The second-order valence-corrected chi connectivity index (χ2v) is 8.70. The van der Waals surface area contributed by atoms with Crippen LogP contribution >= 0.6 is 0 Å². The summed E-state index contributed by atoms with van der Waals surface area (Å²) >= 11 is 0. The van der Waals surface area contributed by atoms with Crippen molar-refractivity contribution in [2.24, 2.45) is 0 Å². The Balaban J connectivity index is 1.38. The zero-order chi connectivity index (χ0) is 23.5. The van der Waals surface area contributed by atoms with Crippen molar-refractivity contribution in [3.63, 3.8) is 0 Å². The molecule has 2 N–H and O–H groups in total. The van der Waals surface area contributed by atoms with Gasteiger partial charge in [0, 0.05) is 13.0 Å². The minimum Gasteiger partial charge on any atom is -0.508 e. The van der Waals surface area contributed by atoms with E-state index in [1.54, 1.807) is 24.3 Å². The highest BCUT2D eigenvalue weighted by Crippen LogP contribution is 2.34. The first-order valence-corrected chi connectivity index (χ1v) is 11.6. The molecule has 5 heteroatoms. The number of benzene rings is 4. The molecule has 1 aliphatic rings. The van der Waals surface area contributed by atoms with Crippen molar-refractivity contribution in [2.75, 3.05) is 19.7 Å². The van der Waals surface area contributed by atoms with E-state index in [2.05, 4.69) is 18.2 Å². The van der Waals surface area contributed by atoms with Gasteiger partial charge in [-0.2, -0.15) is 0 Å². The summed E-state index contributed by atoms with van der Waals surface area (Å²) in [6.07, 6.45) is 2.29. The third kappa shape index (κ3) is 4.69. The Labute approximate surface area is 198 Å². The number of nitrogens with zero attached hydrogens (tertiary/aromatic N) is 1. The number of phenolic OH excluding ortho intramolecular Hbond substituents is 2. The minimum atomic E-state index is 0.215. The first-order valence-electron chi connectivity index (χ1n) is 11.6. The molecule has 0 bridgehead atoms. The molecular weight excluding hydrogens is 426 g/mol. The van der Waals surface area contributed by atoms with Gasteiger partial charge in [0.05, 0.1) is 6.54 Å². The summed E-state index contributed by atoms with van der Waals surface area (Å²) in [5.41, 5.74) is 4.42. The van der Waals surface area contributed by atoms with Crippen LogP contribution in [0.2, 0.25) is 0 Å². The van der Waals surface area contributed by atoms with Gasteiger partial charge in [-0.3, -0.25) is 4.79 Å². The normalized spacial score (nSPS) is 13.5. The van der Waals surface area contributed by atoms with Gasteiger partial charge in [0.2, 0.25) is 5.91 Å². The van der Waals surface area contributed by atoms with Crippen LogP contribution in [0.3, 0.4) is 0 Å². The van der Waals surface area contributed by atoms with Gasteiger partial charge in [0.1, 0.15) is 23.9 Å². The molecule has 5 rings (SSSR count). The van der Waals surface area contributed by atoms with Gasteiger partial charge in [0.15, 0.2) is 0 Å². The van der Waals surface area contributed by atoms with Gasteiger partial charge < -0.3 is 19.8 Å². The fraction of sp³-hybridized carbons (Fsp3) is 0.207. The number of amides is 1. The molecule has 4 aromatic rings. The standard InChI is InChI=1S/C29H27NO4/c31-23-8-5-21(6-9-23)26-13-7-22-19-24(32)10-14-27(22)28(26)18-20-3-11-25(12-4-20)34-17-16-30-15-1-2-29(30)33/h3-14,19,31-32H,1-2,15-18H2. The van der Waals surface area contributed by atoms with Gasteiger partial charge in [-0.15, -0.1) is 0 Å². The zero-order valence-electron chi connectivity index (χ0n) is 18.9. The van der Waals surface area contributed by atoms with Crippen molar-refractivity contribution >= 4 is 16.7 Å². The predicted molar refractivity (Wildman–Crippen MR) is 133 cm³/mol. The van der Waals surface area contributed by atoms with Crippen molar-refractivity contribution in [1.29, 1.82) is 0 Å². The second-order valence-electron chi connectivity index (χ2n) is 8.70. The summed E-state index contributed by atoms with van der Waals surface area (Å²) in [5, 5.41) is 21.7. The predicted octanol–water partition coefficient (Wildman–Crippen LogP) is 5.51. The zero-order valence-corrected chi connectivity index (χ0v) is 18.9. The van der Waals surface area contributed by atoms with Crippen molar-refractivity contribution in [3.05, 3.63) is 90.0 Å². The quantitative estimate of drug-likeness (QED) is 0.387. The lowest BCUT2D eigenvalue weighted by molar-refractivity contribution is -0.128. The van der Waals surface area contributed by atoms with Gasteiger partial charge in [0.25, 0.3) is 0 Å². The smallest absolute Gasteiger partial charge is 0.222 e. The van der Waals surface area contributed by atoms with Gasteiger partial charge >= 0.3 is 0 Å². The minimum absolute atomic E-state index is 0.215. The van der Waals surface area contributed by atoms with Crippen LogP contribution in [0.1, 0.15) is 24.0 Å². The van der Waals surface area contributed by atoms with Crippen molar-refractivity contribution in [3.8, 4) is 28.4 Å². The van der Waals surface area contributed by atoms with Gasteiger partial charge in [-0.05, 0) is 82.3 Å². The van der Waals surface area contributed by atoms with E-state index in [1.165, 1.54) is 0 Å². The number of carbonyl (C=O) groups is 1. The van der Waals surface area contributed by atoms with E-state index in [1.807, 2.05) is 41.3 Å². The molecule has 0 aromatic heterocycles. The van der Waals surface area contributed by atoms with Crippen molar-refractivity contribution in [1.82, 2.24) is 4.90 Å². The number of hydrogen-bond donors (Lipinski definition) is 2. The molecule has 1 fully saturated rings. The number of likely N-dealkylation sites (tertiary alicyclic amines) is 1. The number of rotatable bonds is 7. The van der Waals surface area contributed by atoms with Crippen molar-refractivity contribution < 1.29 is 19.7 Å². The molecule has 0 spiro atoms. The number of aromatic hydroxyl groups is 2. The largest absolute Gasteiger partial charge is 0.508 e. The van der Waals surface area contributed by atoms with E-state index < -0.39 is 0 Å². The molecule has 0 atom stereocenters. The molecule has 0 aliphatic carbocycles. The Morgan fingerprint density at radius 2 is 1.62 bits per heavy atom. The van der Waals surface area contributed by atoms with Gasteiger partial charge in [-0.25, -0.2) is 0 Å². The first-order chi connectivity index (χ1) is 16.6. The fourth-order valence-electron chi connectivity index (χ4n) is 4.61. The van der Waals surface area contributed by atoms with Crippen LogP contribution in [0.25, 0.3) is 21.9 Å². The highest BCUT2D eigenvalue weighted by atomic mass is 16.5. The Morgan fingerprint density at radius 3 is 2.35 bits per heavy atom. The van der Waals surface area contributed by atoms with Crippen LogP contribution in [0.5, 0.6) is 17.2 Å². The summed E-state index contributed by atoms with van der Waals surface area (Å²) in [6.45, 7) is 1.94. The topological polar surface area (TPSA) is 70.0 Å². The molecule has 172 valence electrons. The Bertz CT molecular complexity index is 1310. The van der Waals surface area contributed by atoms with Crippen LogP contribution in [-0.4, -0.2) is 40.7 Å². The van der Waals surface area contributed by atoms with Crippen LogP contribution in [0, 0.1) is 0 Å². The van der Waals surface area contributed by atoms with Crippen LogP contribution in [0.4, 0.5) is 0 Å². The number of ether oxygens (including phenoxy) is 1. The average molecular weight is 454 g/mol. The summed E-state index contributed by atoms with van der Waals surface area (Å²) in [7, 11) is 0. The monoisotopic (exact) mass is 453 g/mol. The van der Waals surface area contributed by atoms with E-state index in [0.29, 0.717) is 26.0 Å². The maximum atomic E-state index is 11.7. The number of carbonyl (C=O) groups excluding carboxylic acids is 1. The molecule has 1 heterocycles. The van der Waals surface area contributed by atoms with Gasteiger partial charge in [-0.1, -0.05) is 42.5 Å². The SMILES string of the molecule is O=C1CCCN1CCOc1ccc(Cc2c(-c3ccc(O)cc3)ccc3cc(O)ccc23)cc1. The Hall–Kier alpha value is -3.99. The van der Waals surface area contributed by atoms with Crippen LogP contribution in [-0.2, 0) is 11.2 Å². The number of fused-ring (bicyclic) bond motifs is 1. The molecule has 0 radical (unpaired) electrons. The van der Waals surface area contributed by atoms with Crippen molar-refractivity contribution in [2.45, 2.75) is 19.3 Å². The molecule has 4 aromatic carbocycles. The second kappa shape index (κ2) is 9.48. The van der Waals surface area contributed by atoms with E-state index in [-0.39, 0.29) is 17.4 Å². The molecule has 1 amide bonds. The number of hydrogen-bond acceptors (Lipinski definition) is 4. The van der Waals surface area contributed by atoms with E-state index in [0.717, 1.165) is 51.7 Å². The molecule has 34 heavy (non-hydrogen) atoms. The lowest BCUT2D eigenvalue weighted by Crippen LogP contribution is -2.29. The third-order valence-electron chi connectivity index (χ3n) is 6.40. The van der Waals surface area contributed by atoms with E-state index in [9.17, 15) is 15.0 Å². The lowest BCUT2D eigenvalue weighted by Gasteiger charge is -2.16. The van der Waals surface area contributed by atoms with Crippen LogP contribution < -0.4 is 4.74 Å². The molecule has 0 unspecified atom stereocenters. The third-order valence-corrected chi connectivity index (χ3v) is 6.40. The molecular formula is C29H27NO4. The molecule has 5 nitrogen and oxygen atoms in total. The molecule has 0 saturated carbocycles. The summed E-state index contributed by atoms with van der Waals surface area (Å²) in [6, 6.07) is 24.8. The highest BCUT2D eigenvalue weighted by molar-refractivity contribution is 5.93. The highest BCUT2D eigenvalue weighted by Gasteiger charge is 2.19. The maximum absolute atomic E-state index is 11.7. The average Bonchev–Trinajstić information content (AvgIpc) is 3.25. The Kier molecular flexibility index (Phi) is 6.09. The first kappa shape index (κ1) is 21.8. The molecule has 1 aliphatic heterocycles. The number of phenols is 2. The summed E-state index contributed by atoms with van der Waals surface area (Å²) in [5.74, 6) is 1.48. The summed E-state index contributed by atoms with van der Waals surface area (Å²) in [4.78, 5) is 13.6. The van der Waals surface area contributed by atoms with E-state index in [4.69, 9.17) is 4.74 Å². The Morgan fingerprint density at radius 1 is 0.853 bits per heavy atom. The lowest BCUT2D eigenvalue weighted by atomic mass is 9.90. The van der Waals surface area contributed by atoms with E-state index >= 15 is 0 Å². The fourth-order valence-corrected chi connectivity index (χ4v) is 4.61. The summed E-state index contributed by atoms with van der Waals surface area (Å²) < 4.78 is 5.86.